The standard InChI is InChI=1S/C23H24N4O3S/c28-22(26-27-23(31)25-14-19-6-3-13-29-19)18-10-8-16(9-11-18)15-30-20-7-1-4-17-5-2-12-24-21(17)20/h1-2,4-5,7-12,19H,3,6,13-15H2,(H,26,28)(H2,25,27,31)/t19-/m1/s1. The van der Waals surface area contributed by atoms with Gasteiger partial charge in [0.2, 0.25) is 0 Å². The van der Waals surface area contributed by atoms with Gasteiger partial charge in [-0.05, 0) is 54.9 Å². The fourth-order valence-corrected chi connectivity index (χ4v) is 3.48. The number of ether oxygens (including phenoxy) is 2. The monoisotopic (exact) mass is 436 g/mol. The molecule has 7 nitrogen and oxygen atoms in total. The van der Waals surface area contributed by atoms with Gasteiger partial charge in [-0.25, -0.2) is 0 Å². The number of hydrazine groups is 1. The maximum atomic E-state index is 12.3. The molecule has 1 fully saturated rings. The van der Waals surface area contributed by atoms with E-state index in [0.29, 0.717) is 23.8 Å². The molecular formula is C23H24N4O3S. The van der Waals surface area contributed by atoms with Gasteiger partial charge in [-0.3, -0.25) is 20.6 Å². The predicted octanol–water partition coefficient (Wildman–Crippen LogP) is 3.10. The number of fused-ring (bicyclic) bond motifs is 1. The second kappa shape index (κ2) is 10.2. The largest absolute Gasteiger partial charge is 0.487 e. The van der Waals surface area contributed by atoms with Gasteiger partial charge in [0.15, 0.2) is 5.11 Å². The van der Waals surface area contributed by atoms with Crippen LogP contribution >= 0.6 is 12.2 Å². The van der Waals surface area contributed by atoms with Gasteiger partial charge in [-0.1, -0.05) is 30.3 Å². The molecule has 3 aromatic rings. The van der Waals surface area contributed by atoms with Crippen molar-refractivity contribution in [2.75, 3.05) is 13.2 Å². The lowest BCUT2D eigenvalue weighted by atomic mass is 10.1. The Morgan fingerprint density at radius 1 is 1.13 bits per heavy atom. The second-order valence-corrected chi connectivity index (χ2v) is 7.65. The lowest BCUT2D eigenvalue weighted by Gasteiger charge is -2.14. The lowest BCUT2D eigenvalue weighted by Crippen LogP contribution is -2.48. The van der Waals surface area contributed by atoms with Gasteiger partial charge in [-0.15, -0.1) is 0 Å². The number of hydrogen-bond acceptors (Lipinski definition) is 5. The first-order chi connectivity index (χ1) is 15.2. The zero-order chi connectivity index (χ0) is 21.5. The number of hydrogen-bond donors (Lipinski definition) is 3. The summed E-state index contributed by atoms with van der Waals surface area (Å²) in [5, 5.41) is 4.43. The molecule has 1 amide bonds. The van der Waals surface area contributed by atoms with Crippen LogP contribution in [0.3, 0.4) is 0 Å². The molecule has 1 aliphatic rings. The summed E-state index contributed by atoms with van der Waals surface area (Å²) in [7, 11) is 0. The minimum absolute atomic E-state index is 0.176. The van der Waals surface area contributed by atoms with Crippen LogP contribution in [0.1, 0.15) is 28.8 Å². The number of amides is 1. The number of aromatic nitrogens is 1. The van der Waals surface area contributed by atoms with Gasteiger partial charge in [0.1, 0.15) is 17.9 Å². The zero-order valence-corrected chi connectivity index (χ0v) is 17.8. The fourth-order valence-electron chi connectivity index (χ4n) is 3.35. The Hall–Kier alpha value is -3.23. The summed E-state index contributed by atoms with van der Waals surface area (Å²) >= 11 is 5.18. The topological polar surface area (TPSA) is 84.5 Å². The van der Waals surface area contributed by atoms with Crippen LogP contribution in [0, 0.1) is 0 Å². The molecular weight excluding hydrogens is 412 g/mol. The highest BCUT2D eigenvalue weighted by atomic mass is 32.1. The summed E-state index contributed by atoms with van der Waals surface area (Å²) in [6.07, 6.45) is 4.02. The van der Waals surface area contributed by atoms with Crippen molar-refractivity contribution in [3.05, 3.63) is 71.9 Å². The third-order valence-electron chi connectivity index (χ3n) is 5.01. The van der Waals surface area contributed by atoms with E-state index >= 15 is 0 Å². The summed E-state index contributed by atoms with van der Waals surface area (Å²) in [5.74, 6) is 0.458. The van der Waals surface area contributed by atoms with Gasteiger partial charge in [0.05, 0.1) is 6.10 Å². The van der Waals surface area contributed by atoms with Crippen molar-refractivity contribution in [3.8, 4) is 5.75 Å². The Balaban J connectivity index is 1.25. The van der Waals surface area contributed by atoms with Crippen LogP contribution in [0.15, 0.2) is 60.8 Å². The summed E-state index contributed by atoms with van der Waals surface area (Å²) in [6.45, 7) is 1.80. The van der Waals surface area contributed by atoms with Crippen molar-refractivity contribution < 1.29 is 14.3 Å². The molecule has 1 atom stereocenters. The zero-order valence-electron chi connectivity index (χ0n) is 17.0. The maximum Gasteiger partial charge on any atom is 0.269 e. The SMILES string of the molecule is O=C(NNC(=S)NC[C@H]1CCCO1)c1ccc(COc2cccc3cccnc23)cc1. The molecule has 0 bridgehead atoms. The first kappa shape index (κ1) is 21.0. The second-order valence-electron chi connectivity index (χ2n) is 7.24. The molecule has 160 valence electrons. The molecule has 2 heterocycles. The van der Waals surface area contributed by atoms with Gasteiger partial charge >= 0.3 is 0 Å². The third-order valence-corrected chi connectivity index (χ3v) is 5.26. The molecule has 1 saturated heterocycles. The molecule has 0 spiro atoms. The molecule has 4 rings (SSSR count). The quantitative estimate of drug-likeness (QED) is 0.404. The molecule has 2 aromatic carbocycles. The van der Waals surface area contributed by atoms with E-state index in [4.69, 9.17) is 21.7 Å². The van der Waals surface area contributed by atoms with Gasteiger partial charge in [0.25, 0.3) is 5.91 Å². The summed E-state index contributed by atoms with van der Waals surface area (Å²) in [6, 6.07) is 17.0. The highest BCUT2D eigenvalue weighted by Crippen LogP contribution is 2.23. The van der Waals surface area contributed by atoms with Crippen molar-refractivity contribution in [1.82, 2.24) is 21.2 Å². The van der Waals surface area contributed by atoms with Crippen LogP contribution in [0.4, 0.5) is 0 Å². The summed E-state index contributed by atoms with van der Waals surface area (Å²) in [4.78, 5) is 16.7. The van der Waals surface area contributed by atoms with Crippen LogP contribution in [0.5, 0.6) is 5.75 Å². The van der Waals surface area contributed by atoms with Crippen molar-refractivity contribution in [2.45, 2.75) is 25.6 Å². The Bertz CT molecular complexity index is 1050. The number of nitrogens with one attached hydrogen (secondary N) is 3. The first-order valence-electron chi connectivity index (χ1n) is 10.2. The number of nitrogens with zero attached hydrogens (tertiary/aromatic N) is 1. The van der Waals surface area contributed by atoms with Crippen LogP contribution < -0.4 is 20.9 Å². The molecule has 8 heteroatoms. The van der Waals surface area contributed by atoms with Crippen molar-refractivity contribution in [3.63, 3.8) is 0 Å². The Kier molecular flexibility index (Phi) is 6.91. The van der Waals surface area contributed by atoms with E-state index < -0.39 is 0 Å². The first-order valence-corrected chi connectivity index (χ1v) is 10.6. The number of carbonyl (C=O) groups excluding carboxylic acids is 1. The Morgan fingerprint density at radius 2 is 1.97 bits per heavy atom. The van der Waals surface area contributed by atoms with Gasteiger partial charge in [-0.2, -0.15) is 0 Å². The Morgan fingerprint density at radius 3 is 2.77 bits per heavy atom. The average Bonchev–Trinajstić information content (AvgIpc) is 3.34. The van der Waals surface area contributed by atoms with E-state index in [1.54, 1.807) is 18.3 Å². The molecule has 31 heavy (non-hydrogen) atoms. The van der Waals surface area contributed by atoms with E-state index in [1.165, 1.54) is 0 Å². The third kappa shape index (κ3) is 5.68. The summed E-state index contributed by atoms with van der Waals surface area (Å²) < 4.78 is 11.5. The van der Waals surface area contributed by atoms with Crippen molar-refractivity contribution >= 4 is 34.1 Å². The highest BCUT2D eigenvalue weighted by molar-refractivity contribution is 7.80. The van der Waals surface area contributed by atoms with Crippen LogP contribution in [0.2, 0.25) is 0 Å². The average molecular weight is 437 g/mol. The molecule has 0 radical (unpaired) electrons. The van der Waals surface area contributed by atoms with E-state index in [2.05, 4.69) is 21.2 Å². The van der Waals surface area contributed by atoms with E-state index in [-0.39, 0.29) is 12.0 Å². The van der Waals surface area contributed by atoms with Crippen molar-refractivity contribution in [2.24, 2.45) is 0 Å². The molecule has 3 N–H and O–H groups in total. The number of pyridine rings is 1. The number of para-hydroxylation sites is 1. The smallest absolute Gasteiger partial charge is 0.269 e. The maximum absolute atomic E-state index is 12.3. The van der Waals surface area contributed by atoms with Crippen molar-refractivity contribution in [1.29, 1.82) is 0 Å². The molecule has 0 unspecified atom stereocenters. The highest BCUT2D eigenvalue weighted by Gasteiger charge is 2.15. The fraction of sp³-hybridized carbons (Fsp3) is 0.261. The predicted molar refractivity (Wildman–Crippen MR) is 123 cm³/mol. The van der Waals surface area contributed by atoms with Gasteiger partial charge in [0, 0.05) is 30.3 Å². The molecule has 1 aliphatic heterocycles. The lowest BCUT2D eigenvalue weighted by molar-refractivity contribution is 0.0943. The van der Waals surface area contributed by atoms with E-state index in [0.717, 1.165) is 41.7 Å². The van der Waals surface area contributed by atoms with Crippen LogP contribution in [0.25, 0.3) is 10.9 Å². The molecule has 0 aliphatic carbocycles. The van der Waals surface area contributed by atoms with Crippen LogP contribution in [-0.4, -0.2) is 35.3 Å². The molecule has 0 saturated carbocycles. The van der Waals surface area contributed by atoms with Gasteiger partial charge < -0.3 is 14.8 Å². The van der Waals surface area contributed by atoms with E-state index in [9.17, 15) is 4.79 Å². The Labute approximate surface area is 186 Å². The number of rotatable bonds is 6. The molecule has 1 aromatic heterocycles. The number of benzene rings is 2. The normalized spacial score (nSPS) is 15.4. The minimum atomic E-state index is -0.271. The van der Waals surface area contributed by atoms with E-state index in [1.807, 2.05) is 42.5 Å². The number of carbonyl (C=O) groups is 1. The van der Waals surface area contributed by atoms with Crippen LogP contribution in [-0.2, 0) is 11.3 Å². The summed E-state index contributed by atoms with van der Waals surface area (Å²) in [5.41, 5.74) is 7.61. The minimum Gasteiger partial charge on any atom is -0.487 e. The number of thiocarbonyl (C=S) groups is 1.